The van der Waals surface area contributed by atoms with Crippen molar-refractivity contribution in [2.45, 2.75) is 6.54 Å². The second-order valence-corrected chi connectivity index (χ2v) is 2.47. The molecule has 0 saturated carbocycles. The number of rotatable bonds is 0. The van der Waals surface area contributed by atoms with Crippen LogP contribution in [0.2, 0.25) is 0 Å². The highest BCUT2D eigenvalue weighted by molar-refractivity contribution is 5.80. The highest BCUT2D eigenvalue weighted by Crippen LogP contribution is 2.15. The number of nitrogen functional groups attached to an aromatic ring is 1. The van der Waals surface area contributed by atoms with Gasteiger partial charge in [0.15, 0.2) is 0 Å². The molecule has 1 aromatic rings. The van der Waals surface area contributed by atoms with Gasteiger partial charge in [0.1, 0.15) is 12.1 Å². The van der Waals surface area contributed by atoms with Crippen molar-refractivity contribution < 1.29 is 0 Å². The Balaban J connectivity index is 2.59. The second kappa shape index (κ2) is 2.73. The Bertz CT molecular complexity index is 354. The average Bonchev–Trinajstić information content (AvgIpc) is 2.30. The van der Waals surface area contributed by atoms with Crippen molar-refractivity contribution in [1.82, 2.24) is 9.97 Å². The minimum absolute atomic E-state index is 0.517. The molecular weight excluding hydrogens is 152 g/mol. The van der Waals surface area contributed by atoms with Gasteiger partial charge in [0.2, 0.25) is 0 Å². The average molecular weight is 160 g/mol. The van der Waals surface area contributed by atoms with Crippen LogP contribution in [0.3, 0.4) is 0 Å². The van der Waals surface area contributed by atoms with E-state index in [0.717, 1.165) is 11.3 Å². The van der Waals surface area contributed by atoms with Gasteiger partial charge in [0.25, 0.3) is 0 Å². The van der Waals surface area contributed by atoms with E-state index in [2.05, 4.69) is 15.0 Å². The van der Waals surface area contributed by atoms with E-state index in [-0.39, 0.29) is 0 Å². The first-order valence-electron chi connectivity index (χ1n) is 3.64. The summed E-state index contributed by atoms with van der Waals surface area (Å²) in [7, 11) is 0. The summed E-state index contributed by atoms with van der Waals surface area (Å²) in [4.78, 5) is 12.1. The summed E-state index contributed by atoms with van der Waals surface area (Å²) in [6.45, 7) is 0.564. The third-order valence-electron chi connectivity index (χ3n) is 1.71. The number of aliphatic imine (C=N–C) groups is 1. The van der Waals surface area contributed by atoms with E-state index in [0.29, 0.717) is 12.4 Å². The fourth-order valence-corrected chi connectivity index (χ4v) is 1.08. The summed E-state index contributed by atoms with van der Waals surface area (Å²) >= 11 is 0. The van der Waals surface area contributed by atoms with Gasteiger partial charge in [0.05, 0.1) is 12.2 Å². The fourth-order valence-electron chi connectivity index (χ4n) is 1.08. The Hall–Kier alpha value is -1.71. The Kier molecular flexibility index (Phi) is 1.59. The Labute approximate surface area is 69.9 Å². The summed E-state index contributed by atoms with van der Waals surface area (Å²) in [5.74, 6) is 0.517. The molecule has 0 aromatic carbocycles. The predicted octanol–water partition coefficient (Wildman–Crippen LogP) is 0.656. The lowest BCUT2D eigenvalue weighted by molar-refractivity contribution is 1.01. The zero-order valence-corrected chi connectivity index (χ0v) is 6.44. The quantitative estimate of drug-likeness (QED) is 0.606. The van der Waals surface area contributed by atoms with Crippen LogP contribution in [0.5, 0.6) is 0 Å². The lowest BCUT2D eigenvalue weighted by Crippen LogP contribution is -2.00. The van der Waals surface area contributed by atoms with E-state index in [4.69, 9.17) is 5.73 Å². The van der Waals surface area contributed by atoms with Crippen LogP contribution in [0.4, 0.5) is 5.82 Å². The molecule has 2 N–H and O–H groups in total. The van der Waals surface area contributed by atoms with Crippen molar-refractivity contribution in [2.75, 3.05) is 5.73 Å². The number of fused-ring (bicyclic) bond motifs is 1. The molecule has 0 aliphatic carbocycles. The number of hydrogen-bond donors (Lipinski definition) is 1. The van der Waals surface area contributed by atoms with E-state index >= 15 is 0 Å². The van der Waals surface area contributed by atoms with Crippen LogP contribution < -0.4 is 5.73 Å². The second-order valence-electron chi connectivity index (χ2n) is 2.47. The van der Waals surface area contributed by atoms with Gasteiger partial charge < -0.3 is 5.73 Å². The number of nitrogens with zero attached hydrogens (tertiary/aromatic N) is 3. The molecule has 0 amide bonds. The molecule has 4 nitrogen and oxygen atoms in total. The van der Waals surface area contributed by atoms with Gasteiger partial charge in [0, 0.05) is 11.8 Å². The van der Waals surface area contributed by atoms with Crippen molar-refractivity contribution in [1.29, 1.82) is 0 Å². The van der Waals surface area contributed by atoms with Gasteiger partial charge in [-0.05, 0) is 12.2 Å². The van der Waals surface area contributed by atoms with Crippen LogP contribution in [0.1, 0.15) is 11.3 Å². The lowest BCUT2D eigenvalue weighted by atomic mass is 10.2. The minimum Gasteiger partial charge on any atom is -0.383 e. The van der Waals surface area contributed by atoms with Crippen LogP contribution in [0, 0.1) is 0 Å². The number of hydrogen-bond acceptors (Lipinski definition) is 4. The Morgan fingerprint density at radius 1 is 1.33 bits per heavy atom. The highest BCUT2D eigenvalue weighted by atomic mass is 14.9. The minimum atomic E-state index is 0.517. The first-order chi connectivity index (χ1) is 5.88. The van der Waals surface area contributed by atoms with Crippen molar-refractivity contribution in [3.05, 3.63) is 23.7 Å². The molecule has 0 saturated heterocycles. The maximum atomic E-state index is 5.65. The third-order valence-corrected chi connectivity index (χ3v) is 1.71. The fraction of sp³-hybridized carbons (Fsp3) is 0.125. The molecule has 0 atom stereocenters. The van der Waals surface area contributed by atoms with Crippen molar-refractivity contribution in [3.8, 4) is 0 Å². The maximum absolute atomic E-state index is 5.65. The largest absolute Gasteiger partial charge is 0.383 e. The summed E-state index contributed by atoms with van der Waals surface area (Å²) in [6.07, 6.45) is 6.92. The van der Waals surface area contributed by atoms with Crippen molar-refractivity contribution in [3.63, 3.8) is 0 Å². The zero-order chi connectivity index (χ0) is 8.39. The zero-order valence-electron chi connectivity index (χ0n) is 6.44. The van der Waals surface area contributed by atoms with Crippen LogP contribution in [0.15, 0.2) is 17.4 Å². The Morgan fingerprint density at radius 3 is 3.17 bits per heavy atom. The molecule has 1 aromatic heterocycles. The van der Waals surface area contributed by atoms with E-state index in [1.807, 2.05) is 12.2 Å². The first-order valence-corrected chi connectivity index (χ1v) is 3.64. The molecular formula is C8H8N4. The lowest BCUT2D eigenvalue weighted by Gasteiger charge is -2.02. The van der Waals surface area contributed by atoms with Gasteiger partial charge in [-0.15, -0.1) is 0 Å². The topological polar surface area (TPSA) is 64.2 Å². The third kappa shape index (κ3) is 1.07. The standard InChI is InChI=1S/C8H8N4/c9-8-6-4-10-3-1-2-7(6)11-5-12-8/h1-3,5H,4H2,(H2,9,11,12). The molecule has 12 heavy (non-hydrogen) atoms. The van der Waals surface area contributed by atoms with Crippen LogP contribution >= 0.6 is 0 Å². The molecule has 2 heterocycles. The summed E-state index contributed by atoms with van der Waals surface area (Å²) < 4.78 is 0. The predicted molar refractivity (Wildman–Crippen MR) is 47.7 cm³/mol. The molecule has 0 unspecified atom stereocenters. The van der Waals surface area contributed by atoms with Gasteiger partial charge in [-0.2, -0.15) is 0 Å². The van der Waals surface area contributed by atoms with E-state index in [1.54, 1.807) is 6.21 Å². The highest BCUT2D eigenvalue weighted by Gasteiger charge is 2.06. The van der Waals surface area contributed by atoms with Crippen molar-refractivity contribution in [2.24, 2.45) is 4.99 Å². The number of allylic oxidation sites excluding steroid dienone is 1. The molecule has 1 aliphatic rings. The summed E-state index contributed by atoms with van der Waals surface area (Å²) in [5.41, 5.74) is 7.42. The monoisotopic (exact) mass is 160 g/mol. The maximum Gasteiger partial charge on any atom is 0.132 e. The SMILES string of the molecule is Nc1ncnc2c1CN=CC=C2. The molecule has 0 bridgehead atoms. The smallest absolute Gasteiger partial charge is 0.132 e. The molecule has 0 radical (unpaired) electrons. The van der Waals surface area contributed by atoms with E-state index in [9.17, 15) is 0 Å². The van der Waals surface area contributed by atoms with Gasteiger partial charge in [-0.3, -0.25) is 4.99 Å². The summed E-state index contributed by atoms with van der Waals surface area (Å²) in [6, 6.07) is 0. The normalized spacial score (nSPS) is 14.0. The van der Waals surface area contributed by atoms with Gasteiger partial charge in [-0.1, -0.05) is 0 Å². The van der Waals surface area contributed by atoms with Gasteiger partial charge in [-0.25, -0.2) is 9.97 Å². The number of anilines is 1. The number of nitrogens with two attached hydrogens (primary N) is 1. The van der Waals surface area contributed by atoms with Crippen LogP contribution in [-0.2, 0) is 6.54 Å². The van der Waals surface area contributed by atoms with Crippen LogP contribution in [-0.4, -0.2) is 16.2 Å². The molecule has 2 rings (SSSR count). The molecule has 4 heteroatoms. The van der Waals surface area contributed by atoms with Crippen molar-refractivity contribution >= 4 is 18.1 Å². The molecule has 1 aliphatic heterocycles. The molecule has 60 valence electrons. The molecule has 0 fully saturated rings. The number of aromatic nitrogens is 2. The van der Waals surface area contributed by atoms with Gasteiger partial charge >= 0.3 is 0 Å². The molecule has 0 spiro atoms. The van der Waals surface area contributed by atoms with E-state index < -0.39 is 0 Å². The Morgan fingerprint density at radius 2 is 2.25 bits per heavy atom. The first kappa shape index (κ1) is 6.97. The van der Waals surface area contributed by atoms with E-state index in [1.165, 1.54) is 6.33 Å². The van der Waals surface area contributed by atoms with Crippen LogP contribution in [0.25, 0.3) is 6.08 Å². The summed E-state index contributed by atoms with van der Waals surface area (Å²) in [5, 5.41) is 0.